The van der Waals surface area contributed by atoms with Gasteiger partial charge in [0.05, 0.1) is 17.3 Å². The number of phenols is 1. The van der Waals surface area contributed by atoms with Gasteiger partial charge < -0.3 is 20.8 Å². The van der Waals surface area contributed by atoms with Gasteiger partial charge in [-0.3, -0.25) is 0 Å². The molecule has 0 amide bonds. The molecule has 0 saturated heterocycles. The minimum Gasteiger partial charge on any atom is -0.508 e. The lowest BCUT2D eigenvalue weighted by Crippen LogP contribution is -2.06. The summed E-state index contributed by atoms with van der Waals surface area (Å²) in [5.41, 5.74) is 3.86. The molecule has 0 saturated carbocycles. The number of halogens is 1. The molecule has 2 aromatic carbocycles. The molecule has 0 fully saturated rings. The van der Waals surface area contributed by atoms with Gasteiger partial charge in [-0.05, 0) is 36.2 Å². The highest BCUT2D eigenvalue weighted by Gasteiger charge is 2.06. The van der Waals surface area contributed by atoms with Crippen LogP contribution in [0.4, 0.5) is 11.4 Å². The lowest BCUT2D eigenvalue weighted by atomic mass is 10.1. The van der Waals surface area contributed by atoms with Gasteiger partial charge in [0.15, 0.2) is 0 Å². The first kappa shape index (κ1) is 16.2. The maximum absolute atomic E-state index is 9.73. The molecule has 0 aliphatic rings. The number of rotatable bonds is 6. The zero-order valence-corrected chi connectivity index (χ0v) is 13.1. The number of hydrogen-bond acceptors (Lipinski definition) is 4. The maximum atomic E-state index is 9.73. The molecule has 2 aromatic rings. The second kappa shape index (κ2) is 7.20. The Balaban J connectivity index is 2.12. The Bertz CT molecular complexity index is 686. The predicted octanol–water partition coefficient (Wildman–Crippen LogP) is 3.84. The fraction of sp³-hybridized carbons (Fsp3) is 0.176. The molecule has 4 nitrogen and oxygen atoms in total. The van der Waals surface area contributed by atoms with E-state index in [2.05, 4.69) is 17.2 Å². The molecule has 2 rings (SSSR count). The van der Waals surface area contributed by atoms with E-state index in [0.717, 1.165) is 22.5 Å². The molecular weight excluding hydrogens is 300 g/mol. The summed E-state index contributed by atoms with van der Waals surface area (Å²) in [7, 11) is 0. The number of nitrogens with one attached hydrogen (secondary N) is 2. The van der Waals surface area contributed by atoms with Gasteiger partial charge in [0.2, 0.25) is 0 Å². The van der Waals surface area contributed by atoms with Crippen LogP contribution in [0.5, 0.6) is 5.75 Å². The van der Waals surface area contributed by atoms with E-state index in [9.17, 15) is 5.11 Å². The van der Waals surface area contributed by atoms with E-state index in [1.165, 1.54) is 0 Å². The van der Waals surface area contributed by atoms with Crippen LogP contribution < -0.4 is 10.6 Å². The summed E-state index contributed by atoms with van der Waals surface area (Å²) in [5, 5.41) is 25.3. The molecule has 116 valence electrons. The highest BCUT2D eigenvalue weighted by atomic mass is 35.5. The zero-order chi connectivity index (χ0) is 16.1. The van der Waals surface area contributed by atoms with Crippen molar-refractivity contribution in [1.29, 1.82) is 0 Å². The number of aliphatic hydroxyl groups excluding tert-OH is 1. The summed E-state index contributed by atoms with van der Waals surface area (Å²) in [6.45, 7) is 6.32. The minimum atomic E-state index is 0.0449. The third-order valence-corrected chi connectivity index (χ3v) is 3.56. The molecule has 5 heteroatoms. The molecule has 0 radical (unpaired) electrons. The van der Waals surface area contributed by atoms with Crippen LogP contribution in [0.1, 0.15) is 11.1 Å². The Morgan fingerprint density at radius 1 is 1.23 bits per heavy atom. The van der Waals surface area contributed by atoms with E-state index in [4.69, 9.17) is 16.7 Å². The highest BCUT2D eigenvalue weighted by Crippen LogP contribution is 2.28. The van der Waals surface area contributed by atoms with Gasteiger partial charge in [0.1, 0.15) is 5.75 Å². The second-order valence-electron chi connectivity index (χ2n) is 4.95. The number of aryl methyl sites for hydroxylation is 1. The molecule has 0 spiro atoms. The monoisotopic (exact) mass is 318 g/mol. The zero-order valence-electron chi connectivity index (χ0n) is 12.4. The fourth-order valence-electron chi connectivity index (χ4n) is 1.97. The van der Waals surface area contributed by atoms with Gasteiger partial charge in [0, 0.05) is 24.0 Å². The first-order valence-electron chi connectivity index (χ1n) is 6.91. The van der Waals surface area contributed by atoms with Crippen LogP contribution in [-0.4, -0.2) is 23.4 Å². The van der Waals surface area contributed by atoms with Crippen LogP contribution in [0.25, 0.3) is 5.70 Å². The average Bonchev–Trinajstić information content (AvgIpc) is 2.49. The second-order valence-corrected chi connectivity index (χ2v) is 5.36. The largest absolute Gasteiger partial charge is 0.508 e. The summed E-state index contributed by atoms with van der Waals surface area (Å²) in [6.07, 6.45) is 0. The predicted molar refractivity (Wildman–Crippen MR) is 92.5 cm³/mol. The Hall–Kier alpha value is -2.17. The number of phenolic OH excluding ortho intramolecular Hbond substituents is 1. The third-order valence-electron chi connectivity index (χ3n) is 3.25. The van der Waals surface area contributed by atoms with Gasteiger partial charge in [0.25, 0.3) is 0 Å². The fourth-order valence-corrected chi connectivity index (χ4v) is 2.22. The summed E-state index contributed by atoms with van der Waals surface area (Å²) in [6, 6.07) is 10.9. The molecule has 0 aromatic heterocycles. The first-order valence-corrected chi connectivity index (χ1v) is 7.29. The summed E-state index contributed by atoms with van der Waals surface area (Å²) < 4.78 is 0. The summed E-state index contributed by atoms with van der Waals surface area (Å²) in [5.74, 6) is 0.236. The van der Waals surface area contributed by atoms with Crippen LogP contribution in [0.2, 0.25) is 5.02 Å². The highest BCUT2D eigenvalue weighted by molar-refractivity contribution is 6.33. The number of hydrogen-bond donors (Lipinski definition) is 4. The lowest BCUT2D eigenvalue weighted by Gasteiger charge is -2.13. The van der Waals surface area contributed by atoms with Crippen LogP contribution in [0, 0.1) is 6.92 Å². The average molecular weight is 319 g/mol. The van der Waals surface area contributed by atoms with Crippen molar-refractivity contribution in [2.24, 2.45) is 0 Å². The Morgan fingerprint density at radius 3 is 2.64 bits per heavy atom. The van der Waals surface area contributed by atoms with Crippen molar-refractivity contribution < 1.29 is 10.2 Å². The molecule has 0 unspecified atom stereocenters. The van der Waals surface area contributed by atoms with E-state index in [1.54, 1.807) is 12.1 Å². The van der Waals surface area contributed by atoms with Crippen molar-refractivity contribution in [2.75, 3.05) is 23.8 Å². The minimum absolute atomic E-state index is 0.0449. The molecule has 0 aliphatic heterocycles. The number of aromatic hydroxyl groups is 1. The van der Waals surface area contributed by atoms with Crippen LogP contribution in [0.15, 0.2) is 43.0 Å². The number of aliphatic hydroxyl groups is 1. The van der Waals surface area contributed by atoms with Gasteiger partial charge in [-0.15, -0.1) is 0 Å². The van der Waals surface area contributed by atoms with Crippen LogP contribution in [-0.2, 0) is 0 Å². The molecule has 0 aliphatic carbocycles. The maximum Gasteiger partial charge on any atom is 0.120 e. The van der Waals surface area contributed by atoms with Gasteiger partial charge in [-0.25, -0.2) is 0 Å². The van der Waals surface area contributed by atoms with Crippen molar-refractivity contribution in [1.82, 2.24) is 0 Å². The Kier molecular flexibility index (Phi) is 5.31. The van der Waals surface area contributed by atoms with E-state index in [0.29, 0.717) is 17.3 Å². The van der Waals surface area contributed by atoms with E-state index >= 15 is 0 Å². The number of anilines is 2. The van der Waals surface area contributed by atoms with Crippen LogP contribution >= 0.6 is 11.6 Å². The normalized spacial score (nSPS) is 10.3. The third kappa shape index (κ3) is 3.93. The Morgan fingerprint density at radius 2 is 2.00 bits per heavy atom. The van der Waals surface area contributed by atoms with Crippen LogP contribution in [0.3, 0.4) is 0 Å². The van der Waals surface area contributed by atoms with Gasteiger partial charge >= 0.3 is 0 Å². The standard InChI is InChI=1S/C17H19ClN2O2/c1-11-3-5-14(10-17(11)22)20-12(2)13-4-6-16(15(18)9-13)19-7-8-21/h3-6,9-10,19-22H,2,7-8H2,1H3. The lowest BCUT2D eigenvalue weighted by molar-refractivity contribution is 0.311. The Labute approximate surface area is 135 Å². The molecule has 4 N–H and O–H groups in total. The molecule has 22 heavy (non-hydrogen) atoms. The smallest absolute Gasteiger partial charge is 0.120 e. The summed E-state index contributed by atoms with van der Waals surface area (Å²) >= 11 is 6.21. The van der Waals surface area contributed by atoms with E-state index in [-0.39, 0.29) is 12.4 Å². The van der Waals surface area contributed by atoms with E-state index < -0.39 is 0 Å². The van der Waals surface area contributed by atoms with Gasteiger partial charge in [-0.2, -0.15) is 0 Å². The van der Waals surface area contributed by atoms with Crippen molar-refractivity contribution >= 4 is 28.7 Å². The number of benzene rings is 2. The SMILES string of the molecule is C=C(Nc1ccc(C)c(O)c1)c1ccc(NCCO)c(Cl)c1. The quantitative estimate of drug-likeness (QED) is 0.653. The first-order chi connectivity index (χ1) is 10.5. The van der Waals surface area contributed by atoms with Crippen molar-refractivity contribution in [3.63, 3.8) is 0 Å². The van der Waals surface area contributed by atoms with E-state index in [1.807, 2.05) is 31.2 Å². The van der Waals surface area contributed by atoms with Gasteiger partial charge in [-0.1, -0.05) is 30.3 Å². The molecular formula is C17H19ClN2O2. The van der Waals surface area contributed by atoms with Crippen molar-refractivity contribution in [3.8, 4) is 5.75 Å². The summed E-state index contributed by atoms with van der Waals surface area (Å²) in [4.78, 5) is 0. The topological polar surface area (TPSA) is 64.5 Å². The van der Waals surface area contributed by atoms with Crippen molar-refractivity contribution in [3.05, 3.63) is 59.1 Å². The molecule has 0 bridgehead atoms. The van der Waals surface area contributed by atoms with Crippen molar-refractivity contribution in [2.45, 2.75) is 6.92 Å². The molecule has 0 heterocycles. The molecule has 0 atom stereocenters.